The number of hydroxylamine groups is 1. The van der Waals surface area contributed by atoms with Crippen LogP contribution in [0.3, 0.4) is 0 Å². The van der Waals surface area contributed by atoms with Crippen molar-refractivity contribution in [2.45, 2.75) is 45.1 Å². The van der Waals surface area contributed by atoms with Crippen LogP contribution in [0.25, 0.3) is 0 Å². The molecular formula is C25H47NO10S. The summed E-state index contributed by atoms with van der Waals surface area (Å²) in [6.07, 6.45) is 7.44. The van der Waals surface area contributed by atoms with E-state index in [-0.39, 0.29) is 39.3 Å². The van der Waals surface area contributed by atoms with Crippen LogP contribution in [-0.4, -0.2) is 96.2 Å². The van der Waals surface area contributed by atoms with Crippen molar-refractivity contribution < 1.29 is 47.0 Å². The van der Waals surface area contributed by atoms with Crippen LogP contribution in [0.5, 0.6) is 5.75 Å². The molecule has 12 heteroatoms. The summed E-state index contributed by atoms with van der Waals surface area (Å²) < 4.78 is 46.0. The van der Waals surface area contributed by atoms with Crippen LogP contribution >= 0.6 is 0 Å². The fraction of sp³-hybridized carbons (Fsp3) is 0.680. The fourth-order valence-electron chi connectivity index (χ4n) is 2.33. The van der Waals surface area contributed by atoms with Gasteiger partial charge >= 0.3 is 0 Å². The number of hydrogen-bond donors (Lipinski definition) is 4. The van der Waals surface area contributed by atoms with E-state index in [1.54, 1.807) is 13.2 Å². The van der Waals surface area contributed by atoms with Gasteiger partial charge in [0, 0.05) is 26.9 Å². The summed E-state index contributed by atoms with van der Waals surface area (Å²) in [5, 5.41) is 24.3. The Bertz CT molecular complexity index is 713. The summed E-state index contributed by atoms with van der Waals surface area (Å²) in [4.78, 5) is 0. The molecule has 37 heavy (non-hydrogen) atoms. The highest BCUT2D eigenvalue weighted by Crippen LogP contribution is 2.14. The van der Waals surface area contributed by atoms with Gasteiger partial charge in [0.15, 0.2) is 0 Å². The van der Waals surface area contributed by atoms with Crippen molar-refractivity contribution in [3.8, 4) is 5.75 Å². The minimum Gasteiger partial charge on any atom is -0.491 e. The van der Waals surface area contributed by atoms with Gasteiger partial charge in [-0.15, -0.1) is 6.58 Å². The third-order valence-corrected chi connectivity index (χ3v) is 4.55. The summed E-state index contributed by atoms with van der Waals surface area (Å²) in [5.41, 5.74) is 3.38. The van der Waals surface area contributed by atoms with Crippen LogP contribution in [-0.2, 0) is 35.0 Å². The maximum absolute atomic E-state index is 10.1. The van der Waals surface area contributed by atoms with Crippen LogP contribution in [0.2, 0.25) is 0 Å². The molecule has 0 saturated carbocycles. The molecule has 1 aromatic rings. The van der Waals surface area contributed by atoms with Gasteiger partial charge < -0.3 is 34.3 Å². The van der Waals surface area contributed by atoms with E-state index in [2.05, 4.69) is 29.9 Å². The van der Waals surface area contributed by atoms with Gasteiger partial charge in [-0.25, -0.2) is 0 Å². The SMILES string of the molecule is C=CCOCC(COc1ccc(CCCC)cc1)OCOC.CS(=O)(=O)ONCCO.OCCCCO. The highest BCUT2D eigenvalue weighted by Gasteiger charge is 2.10. The molecule has 0 aliphatic heterocycles. The molecule has 1 rings (SSSR count). The number of unbranched alkanes of at least 4 members (excludes halogenated alkanes) is 2. The average Bonchev–Trinajstić information content (AvgIpc) is 2.88. The van der Waals surface area contributed by atoms with Crippen LogP contribution in [0, 0.1) is 0 Å². The Balaban J connectivity index is 0. The van der Waals surface area contributed by atoms with Crippen molar-refractivity contribution in [2.24, 2.45) is 0 Å². The first-order valence-corrected chi connectivity index (χ1v) is 14.0. The van der Waals surface area contributed by atoms with E-state index in [9.17, 15) is 8.42 Å². The quantitative estimate of drug-likeness (QED) is 0.0809. The van der Waals surface area contributed by atoms with Crippen LogP contribution in [0.1, 0.15) is 38.2 Å². The topological polar surface area (TPSA) is 153 Å². The first-order valence-electron chi connectivity index (χ1n) is 12.2. The van der Waals surface area contributed by atoms with E-state index in [0.29, 0.717) is 19.8 Å². The number of aliphatic hydroxyl groups excluding tert-OH is 3. The molecule has 0 bridgehead atoms. The lowest BCUT2D eigenvalue weighted by atomic mass is 10.1. The minimum atomic E-state index is -3.42. The van der Waals surface area contributed by atoms with E-state index in [1.807, 2.05) is 17.6 Å². The Morgan fingerprint density at radius 3 is 2.16 bits per heavy atom. The molecular weight excluding hydrogens is 506 g/mol. The lowest BCUT2D eigenvalue weighted by Crippen LogP contribution is -2.28. The van der Waals surface area contributed by atoms with Crippen molar-refractivity contribution in [3.63, 3.8) is 0 Å². The van der Waals surface area contributed by atoms with Crippen molar-refractivity contribution >= 4 is 10.1 Å². The molecule has 0 heterocycles. The van der Waals surface area contributed by atoms with Gasteiger partial charge in [-0.3, -0.25) is 0 Å². The molecule has 0 aliphatic carbocycles. The van der Waals surface area contributed by atoms with Gasteiger partial charge in [0.25, 0.3) is 10.1 Å². The number of methoxy groups -OCH3 is 1. The Morgan fingerprint density at radius 2 is 1.68 bits per heavy atom. The molecule has 1 unspecified atom stereocenters. The van der Waals surface area contributed by atoms with Crippen LogP contribution < -0.4 is 10.2 Å². The molecule has 0 spiro atoms. The fourth-order valence-corrected chi connectivity index (χ4v) is 2.63. The maximum atomic E-state index is 10.1. The maximum Gasteiger partial charge on any atom is 0.280 e. The second-order valence-corrected chi connectivity index (χ2v) is 9.21. The number of hydrogen-bond acceptors (Lipinski definition) is 11. The predicted molar refractivity (Wildman–Crippen MR) is 143 cm³/mol. The zero-order chi connectivity index (χ0) is 28.2. The number of nitrogens with one attached hydrogen (secondary N) is 1. The van der Waals surface area contributed by atoms with E-state index in [4.69, 9.17) is 34.3 Å². The molecule has 11 nitrogen and oxygen atoms in total. The average molecular weight is 554 g/mol. The molecule has 1 atom stereocenters. The molecule has 0 amide bonds. The Kier molecular flexibility index (Phi) is 27.8. The summed E-state index contributed by atoms with van der Waals surface area (Å²) in [7, 11) is -1.82. The largest absolute Gasteiger partial charge is 0.491 e. The van der Waals surface area contributed by atoms with Crippen LogP contribution in [0.4, 0.5) is 0 Å². The van der Waals surface area contributed by atoms with E-state index < -0.39 is 10.1 Å². The highest BCUT2D eigenvalue weighted by atomic mass is 32.2. The smallest absolute Gasteiger partial charge is 0.280 e. The van der Waals surface area contributed by atoms with Gasteiger partial charge in [0.2, 0.25) is 0 Å². The lowest BCUT2D eigenvalue weighted by Gasteiger charge is -2.18. The highest BCUT2D eigenvalue weighted by molar-refractivity contribution is 7.85. The zero-order valence-electron chi connectivity index (χ0n) is 22.5. The number of aryl methyl sites for hydroxylation is 1. The molecule has 0 saturated heterocycles. The number of aliphatic hydroxyl groups is 3. The van der Waals surface area contributed by atoms with Crippen molar-refractivity contribution in [1.82, 2.24) is 5.48 Å². The molecule has 218 valence electrons. The Labute approximate surface area is 222 Å². The van der Waals surface area contributed by atoms with E-state index in [0.717, 1.165) is 31.3 Å². The van der Waals surface area contributed by atoms with Crippen molar-refractivity contribution in [1.29, 1.82) is 0 Å². The second kappa shape index (κ2) is 27.4. The molecule has 4 N–H and O–H groups in total. The molecule has 0 fully saturated rings. The zero-order valence-corrected chi connectivity index (χ0v) is 23.3. The van der Waals surface area contributed by atoms with Gasteiger partial charge in [0.05, 0.1) is 26.1 Å². The van der Waals surface area contributed by atoms with Gasteiger partial charge in [-0.1, -0.05) is 31.6 Å². The van der Waals surface area contributed by atoms with Crippen molar-refractivity contribution in [2.75, 3.05) is 66.3 Å². The molecule has 0 radical (unpaired) electrons. The van der Waals surface area contributed by atoms with E-state index >= 15 is 0 Å². The lowest BCUT2D eigenvalue weighted by molar-refractivity contribution is -0.106. The minimum absolute atomic E-state index is 0.104. The first-order chi connectivity index (χ1) is 17.8. The van der Waals surface area contributed by atoms with Gasteiger partial charge in [-0.2, -0.15) is 18.2 Å². The number of ether oxygens (including phenoxy) is 4. The summed E-state index contributed by atoms with van der Waals surface area (Å²) >= 11 is 0. The molecule has 0 aromatic heterocycles. The Hall–Kier alpha value is -1.61. The first kappa shape index (κ1) is 37.5. The summed E-state index contributed by atoms with van der Waals surface area (Å²) in [6, 6.07) is 8.24. The third kappa shape index (κ3) is 28.8. The van der Waals surface area contributed by atoms with Gasteiger partial charge in [0.1, 0.15) is 25.3 Å². The summed E-state index contributed by atoms with van der Waals surface area (Å²) in [5.74, 6) is 0.843. The second-order valence-electron chi connectivity index (χ2n) is 7.64. The van der Waals surface area contributed by atoms with Gasteiger partial charge in [-0.05, 0) is 43.4 Å². The Morgan fingerprint density at radius 1 is 1.03 bits per heavy atom. The molecule has 1 aromatic carbocycles. The predicted octanol–water partition coefficient (Wildman–Crippen LogP) is 1.81. The van der Waals surface area contributed by atoms with Crippen molar-refractivity contribution in [3.05, 3.63) is 42.5 Å². The van der Waals surface area contributed by atoms with E-state index in [1.165, 1.54) is 18.4 Å². The third-order valence-electron chi connectivity index (χ3n) is 4.13. The normalized spacial score (nSPS) is 11.5. The standard InChI is InChI=1S/C18H28O4.C4H10O2.C3H9NO4S/c1-4-6-7-16-8-10-17(11-9-16)21-14-18(22-15-19-3)13-20-12-5-2;5-3-1-2-4-6;1-9(6,7)8-4-2-3-5/h5,8-11,18H,2,4,6-7,12-15H2,1,3H3;5-6H,1-4H2;4-5H,2-3H2,1H3. The molecule has 0 aliphatic rings. The monoisotopic (exact) mass is 553 g/mol. The summed E-state index contributed by atoms with van der Waals surface area (Å²) in [6.45, 7) is 7.75. The van der Waals surface area contributed by atoms with Crippen LogP contribution in [0.15, 0.2) is 36.9 Å². The number of rotatable bonds is 20. The number of benzene rings is 1.